The molecule has 6 rings (SSSR count). The molecular weight excluding hydrogens is 496 g/mol. The van der Waals surface area contributed by atoms with Gasteiger partial charge in [0, 0.05) is 48.7 Å². The molecule has 10 heteroatoms. The maximum absolute atomic E-state index is 14.4. The van der Waals surface area contributed by atoms with Gasteiger partial charge < -0.3 is 15.4 Å². The van der Waals surface area contributed by atoms with Crippen LogP contribution in [0.3, 0.4) is 0 Å². The second-order valence-electron chi connectivity index (χ2n) is 9.91. The van der Waals surface area contributed by atoms with E-state index in [9.17, 15) is 13.6 Å². The molecule has 37 heavy (non-hydrogen) atoms. The Hall–Kier alpha value is -3.29. The van der Waals surface area contributed by atoms with E-state index in [4.69, 9.17) is 15.7 Å². The largest absolute Gasteiger partial charge is 0.381 e. The number of halogens is 2. The Bertz CT molecular complexity index is 1260. The van der Waals surface area contributed by atoms with Crippen LogP contribution in [0.2, 0.25) is 0 Å². The summed E-state index contributed by atoms with van der Waals surface area (Å²) in [7, 11) is 0. The van der Waals surface area contributed by atoms with Crippen LogP contribution in [0.15, 0.2) is 41.5 Å². The Balaban J connectivity index is 0.000000212. The van der Waals surface area contributed by atoms with Crippen molar-refractivity contribution in [2.75, 3.05) is 26.3 Å². The fourth-order valence-electron chi connectivity index (χ4n) is 5.09. The monoisotopic (exact) mass is 523 g/mol. The molecule has 1 aliphatic carbocycles. The highest BCUT2D eigenvalue weighted by atomic mass is 32.2. The van der Waals surface area contributed by atoms with Crippen LogP contribution < -0.4 is 5.73 Å². The van der Waals surface area contributed by atoms with E-state index >= 15 is 0 Å². The van der Waals surface area contributed by atoms with Crippen LogP contribution in [-0.4, -0.2) is 53.0 Å². The predicted octanol–water partition coefficient (Wildman–Crippen LogP) is 4.31. The number of fused-ring (bicyclic) bond motifs is 1. The van der Waals surface area contributed by atoms with Gasteiger partial charge in [0.15, 0.2) is 5.17 Å². The molecule has 4 heterocycles. The number of benzene rings is 1. The third kappa shape index (κ3) is 5.68. The first kappa shape index (κ1) is 25.4. The zero-order valence-corrected chi connectivity index (χ0v) is 21.0. The average Bonchev–Trinajstić information content (AvgIpc) is 3.68. The van der Waals surface area contributed by atoms with Gasteiger partial charge in [0.1, 0.15) is 17.7 Å². The average molecular weight is 524 g/mol. The van der Waals surface area contributed by atoms with Crippen molar-refractivity contribution in [3.05, 3.63) is 64.7 Å². The Kier molecular flexibility index (Phi) is 7.26. The van der Waals surface area contributed by atoms with Crippen LogP contribution in [0.1, 0.15) is 47.7 Å². The number of rotatable bonds is 4. The summed E-state index contributed by atoms with van der Waals surface area (Å²) in [6.07, 6.45) is 6.79. The number of amides is 1. The van der Waals surface area contributed by atoms with Gasteiger partial charge in [-0.2, -0.15) is 5.26 Å². The van der Waals surface area contributed by atoms with Gasteiger partial charge in [-0.25, -0.2) is 8.78 Å². The first-order chi connectivity index (χ1) is 17.9. The number of hydrogen-bond donors (Lipinski definition) is 1. The molecule has 3 aliphatic heterocycles. The molecule has 1 spiro atoms. The van der Waals surface area contributed by atoms with E-state index in [2.05, 4.69) is 9.98 Å². The quantitative estimate of drug-likeness (QED) is 0.599. The van der Waals surface area contributed by atoms with Gasteiger partial charge in [-0.1, -0.05) is 17.8 Å². The predicted molar refractivity (Wildman–Crippen MR) is 138 cm³/mol. The number of aliphatic imine (C=N–C) groups is 1. The number of aromatic nitrogens is 1. The van der Waals surface area contributed by atoms with E-state index in [0.29, 0.717) is 32.5 Å². The summed E-state index contributed by atoms with van der Waals surface area (Å²) >= 11 is 1.54. The Morgan fingerprint density at radius 3 is 2.73 bits per heavy atom. The summed E-state index contributed by atoms with van der Waals surface area (Å²) < 4.78 is 34.1. The topological polar surface area (TPSA) is 105 Å². The summed E-state index contributed by atoms with van der Waals surface area (Å²) in [6, 6.07) is 9.01. The van der Waals surface area contributed by atoms with Crippen molar-refractivity contribution in [2.24, 2.45) is 22.1 Å². The van der Waals surface area contributed by atoms with Crippen LogP contribution in [0.25, 0.3) is 11.9 Å². The second kappa shape index (κ2) is 10.6. The van der Waals surface area contributed by atoms with Gasteiger partial charge in [-0.3, -0.25) is 14.8 Å². The first-order valence-electron chi connectivity index (χ1n) is 12.2. The minimum absolute atomic E-state index is 0.119. The van der Waals surface area contributed by atoms with Crippen molar-refractivity contribution in [3.8, 4) is 6.07 Å². The number of carbonyl (C=O) groups excluding carboxylic acids is 1. The van der Waals surface area contributed by atoms with Crippen LogP contribution >= 0.6 is 11.8 Å². The molecule has 0 bridgehead atoms. The molecule has 192 valence electrons. The standard InChI is InChI=1S/C19H14F2N4S.C8H13NO2/c20-14-3-1-10(6-15(21)16-4-2-11(8-22)9-24-16)5-12(14)18-13-7-17(13)26-19(23)25-18;10-7-9-5-8(6-9)1-3-11-4-2-8/h1-6,9,13,17-18H,7H2,(H2,23,25);7H,1-6H2/b15-6-;. The summed E-state index contributed by atoms with van der Waals surface area (Å²) in [4.78, 5) is 20.5. The lowest BCUT2D eigenvalue weighted by atomic mass is 9.74. The second-order valence-corrected chi connectivity index (χ2v) is 11.2. The number of nitriles is 1. The molecule has 3 unspecified atom stereocenters. The molecule has 2 aromatic rings. The molecule has 1 aromatic heterocycles. The molecule has 4 aliphatic rings. The third-order valence-corrected chi connectivity index (χ3v) is 8.46. The molecule has 2 saturated heterocycles. The zero-order chi connectivity index (χ0) is 26.0. The summed E-state index contributed by atoms with van der Waals surface area (Å²) in [5.74, 6) is -0.636. The minimum atomic E-state index is -0.557. The Labute approximate surface area is 218 Å². The Morgan fingerprint density at radius 2 is 2.05 bits per heavy atom. The van der Waals surface area contributed by atoms with E-state index in [1.54, 1.807) is 6.07 Å². The molecule has 1 amide bonds. The minimum Gasteiger partial charge on any atom is -0.381 e. The van der Waals surface area contributed by atoms with E-state index < -0.39 is 5.83 Å². The van der Waals surface area contributed by atoms with Crippen molar-refractivity contribution in [2.45, 2.75) is 30.6 Å². The smallest absolute Gasteiger partial charge is 0.209 e. The van der Waals surface area contributed by atoms with E-state index in [-0.39, 0.29) is 23.5 Å². The molecule has 1 saturated carbocycles. The lowest BCUT2D eigenvalue weighted by molar-refractivity contribution is -0.136. The summed E-state index contributed by atoms with van der Waals surface area (Å²) in [5.41, 5.74) is 7.72. The number of carbonyl (C=O) groups is 1. The van der Waals surface area contributed by atoms with Gasteiger partial charge in [0.2, 0.25) is 6.41 Å². The van der Waals surface area contributed by atoms with Gasteiger partial charge >= 0.3 is 0 Å². The van der Waals surface area contributed by atoms with Gasteiger partial charge in [0.25, 0.3) is 0 Å². The Morgan fingerprint density at radius 1 is 1.27 bits per heavy atom. The fourth-order valence-corrected chi connectivity index (χ4v) is 6.21. The van der Waals surface area contributed by atoms with Crippen molar-refractivity contribution >= 4 is 35.2 Å². The SMILES string of the molecule is N#Cc1ccc(/C(F)=C/c2ccc(F)c(C3N=C(N)SC4CC43)c2)nc1.O=CN1CC2(CCOCC2)C1. The molecule has 0 radical (unpaired) electrons. The highest BCUT2D eigenvalue weighted by Crippen LogP contribution is 2.54. The van der Waals surface area contributed by atoms with Gasteiger partial charge in [-0.05, 0) is 61.1 Å². The van der Waals surface area contributed by atoms with E-state index in [0.717, 1.165) is 52.0 Å². The first-order valence-corrected chi connectivity index (χ1v) is 13.1. The number of pyridine rings is 1. The normalized spacial score (nSPS) is 25.5. The van der Waals surface area contributed by atoms with Crippen molar-refractivity contribution < 1.29 is 18.3 Å². The summed E-state index contributed by atoms with van der Waals surface area (Å²) in [5, 5.41) is 9.64. The van der Waals surface area contributed by atoms with E-state index in [1.807, 2.05) is 11.0 Å². The number of hydrogen-bond acceptors (Lipinski definition) is 7. The third-order valence-electron chi connectivity index (χ3n) is 7.27. The number of nitrogens with two attached hydrogens (primary N) is 1. The zero-order valence-electron chi connectivity index (χ0n) is 20.1. The molecule has 2 N–H and O–H groups in total. The molecule has 7 nitrogen and oxygen atoms in total. The fraction of sp³-hybridized carbons (Fsp3) is 0.407. The highest BCUT2D eigenvalue weighted by molar-refractivity contribution is 8.14. The molecular formula is C27H27F2N5O2S. The number of nitrogens with zero attached hydrogens (tertiary/aromatic N) is 4. The van der Waals surface area contributed by atoms with Crippen molar-refractivity contribution in [1.82, 2.24) is 9.88 Å². The van der Waals surface area contributed by atoms with Crippen LogP contribution in [-0.2, 0) is 9.53 Å². The van der Waals surface area contributed by atoms with Gasteiger partial charge in [-0.15, -0.1) is 0 Å². The van der Waals surface area contributed by atoms with Crippen molar-refractivity contribution in [1.29, 1.82) is 5.26 Å². The number of ether oxygens (including phenoxy) is 1. The maximum atomic E-state index is 14.4. The van der Waals surface area contributed by atoms with Crippen LogP contribution in [0.5, 0.6) is 0 Å². The lowest BCUT2D eigenvalue weighted by Crippen LogP contribution is -2.57. The van der Waals surface area contributed by atoms with Crippen molar-refractivity contribution in [3.63, 3.8) is 0 Å². The molecule has 3 atom stereocenters. The highest BCUT2D eigenvalue weighted by Gasteiger charge is 2.48. The number of thioether (sulfide) groups is 1. The number of likely N-dealkylation sites (tertiary alicyclic amines) is 1. The van der Waals surface area contributed by atoms with Gasteiger partial charge in [0.05, 0.1) is 17.3 Å². The van der Waals surface area contributed by atoms with Crippen LogP contribution in [0.4, 0.5) is 8.78 Å². The molecule has 3 fully saturated rings. The summed E-state index contributed by atoms with van der Waals surface area (Å²) in [6.45, 7) is 3.68. The lowest BCUT2D eigenvalue weighted by Gasteiger charge is -2.50. The number of amidine groups is 1. The molecule has 1 aromatic carbocycles. The van der Waals surface area contributed by atoms with Crippen LogP contribution in [0, 0.1) is 28.5 Å². The maximum Gasteiger partial charge on any atom is 0.209 e. The van der Waals surface area contributed by atoms with E-state index in [1.165, 1.54) is 48.3 Å².